The number of benzene rings is 1. The molecular weight excluding hydrogens is 269 g/mol. The van der Waals surface area contributed by atoms with Crippen LogP contribution in [0.15, 0.2) is 18.2 Å². The van der Waals surface area contributed by atoms with Crippen molar-refractivity contribution in [1.29, 1.82) is 0 Å². The van der Waals surface area contributed by atoms with Crippen LogP contribution in [-0.4, -0.2) is 17.8 Å². The van der Waals surface area contributed by atoms with Gasteiger partial charge in [0.25, 0.3) is 5.91 Å². The molecule has 18 heavy (non-hydrogen) atoms. The lowest BCUT2D eigenvalue weighted by molar-refractivity contribution is 0.0936. The third kappa shape index (κ3) is 4.18. The maximum absolute atomic E-state index is 12.1. The minimum absolute atomic E-state index is 0.00227. The number of carbonyl (C=O) groups is 1. The highest BCUT2D eigenvalue weighted by molar-refractivity contribution is 6.31. The molecular formula is C14H19Cl2NO. The molecule has 0 aromatic heterocycles. The minimum atomic E-state index is -0.110. The van der Waals surface area contributed by atoms with Crippen LogP contribution in [0, 0.1) is 12.8 Å². The Balaban J connectivity index is 2.78. The van der Waals surface area contributed by atoms with E-state index >= 15 is 0 Å². The van der Waals surface area contributed by atoms with Crippen molar-refractivity contribution in [2.45, 2.75) is 33.2 Å². The third-order valence-corrected chi connectivity index (χ3v) is 3.57. The van der Waals surface area contributed by atoms with Gasteiger partial charge in [0, 0.05) is 22.5 Å². The first kappa shape index (κ1) is 15.3. The molecule has 2 nitrogen and oxygen atoms in total. The predicted octanol–water partition coefficient (Wildman–Crippen LogP) is 4.03. The molecule has 0 aliphatic carbocycles. The van der Waals surface area contributed by atoms with Crippen LogP contribution in [0.5, 0.6) is 0 Å². The Morgan fingerprint density at radius 2 is 2.06 bits per heavy atom. The molecule has 0 saturated carbocycles. The second-order valence-electron chi connectivity index (χ2n) is 4.87. The quantitative estimate of drug-likeness (QED) is 0.814. The van der Waals surface area contributed by atoms with Crippen LogP contribution in [0.25, 0.3) is 0 Å². The van der Waals surface area contributed by atoms with Gasteiger partial charge in [0.05, 0.1) is 0 Å². The Kier molecular flexibility index (Phi) is 5.97. The fraction of sp³-hybridized carbons (Fsp3) is 0.500. The SMILES string of the molecule is Cc1c(Cl)cccc1C(=O)NC(CCl)CC(C)C. The van der Waals surface area contributed by atoms with Crippen LogP contribution in [0.2, 0.25) is 5.02 Å². The van der Waals surface area contributed by atoms with Gasteiger partial charge in [-0.15, -0.1) is 11.6 Å². The Labute approximate surface area is 119 Å². The minimum Gasteiger partial charge on any atom is -0.348 e. The van der Waals surface area contributed by atoms with E-state index in [1.54, 1.807) is 18.2 Å². The summed E-state index contributed by atoms with van der Waals surface area (Å²) >= 11 is 11.9. The molecule has 0 radical (unpaired) electrons. The van der Waals surface area contributed by atoms with Gasteiger partial charge in [0.2, 0.25) is 0 Å². The largest absolute Gasteiger partial charge is 0.348 e. The molecule has 0 aliphatic heterocycles. The summed E-state index contributed by atoms with van der Waals surface area (Å²) in [6.07, 6.45) is 0.870. The van der Waals surface area contributed by atoms with Crippen molar-refractivity contribution in [3.8, 4) is 0 Å². The lowest BCUT2D eigenvalue weighted by Gasteiger charge is -2.18. The van der Waals surface area contributed by atoms with Crippen LogP contribution < -0.4 is 5.32 Å². The van der Waals surface area contributed by atoms with E-state index in [-0.39, 0.29) is 11.9 Å². The fourth-order valence-corrected chi connectivity index (χ4v) is 2.22. The van der Waals surface area contributed by atoms with Gasteiger partial charge >= 0.3 is 0 Å². The number of carbonyl (C=O) groups excluding carboxylic acids is 1. The second-order valence-corrected chi connectivity index (χ2v) is 5.58. The lowest BCUT2D eigenvalue weighted by atomic mass is 10.0. The molecule has 1 aromatic carbocycles. The van der Waals surface area contributed by atoms with Gasteiger partial charge in [-0.2, -0.15) is 0 Å². The van der Waals surface area contributed by atoms with Crippen molar-refractivity contribution in [3.63, 3.8) is 0 Å². The zero-order chi connectivity index (χ0) is 13.7. The number of hydrogen-bond donors (Lipinski definition) is 1. The molecule has 1 rings (SSSR count). The summed E-state index contributed by atoms with van der Waals surface area (Å²) in [4.78, 5) is 12.1. The molecule has 0 heterocycles. The molecule has 100 valence electrons. The van der Waals surface area contributed by atoms with Crippen molar-refractivity contribution in [3.05, 3.63) is 34.3 Å². The molecule has 0 fully saturated rings. The van der Waals surface area contributed by atoms with Gasteiger partial charge in [0.15, 0.2) is 0 Å². The van der Waals surface area contributed by atoms with E-state index in [2.05, 4.69) is 19.2 Å². The molecule has 1 unspecified atom stereocenters. The van der Waals surface area contributed by atoms with Gasteiger partial charge in [-0.3, -0.25) is 4.79 Å². The third-order valence-electron chi connectivity index (χ3n) is 2.79. The van der Waals surface area contributed by atoms with Gasteiger partial charge in [0.1, 0.15) is 0 Å². The summed E-state index contributed by atoms with van der Waals surface area (Å²) in [5.74, 6) is 0.805. The van der Waals surface area contributed by atoms with Crippen LogP contribution >= 0.6 is 23.2 Å². The Hall–Kier alpha value is -0.730. The topological polar surface area (TPSA) is 29.1 Å². The molecule has 0 saturated heterocycles. The van der Waals surface area contributed by atoms with E-state index < -0.39 is 0 Å². The normalized spacial score (nSPS) is 12.6. The van der Waals surface area contributed by atoms with Gasteiger partial charge in [-0.05, 0) is 37.0 Å². The van der Waals surface area contributed by atoms with E-state index in [9.17, 15) is 4.79 Å². The highest BCUT2D eigenvalue weighted by Crippen LogP contribution is 2.19. The molecule has 0 aliphatic rings. The number of rotatable bonds is 5. The van der Waals surface area contributed by atoms with Crippen molar-refractivity contribution < 1.29 is 4.79 Å². The first-order chi connectivity index (χ1) is 8.45. The smallest absolute Gasteiger partial charge is 0.251 e. The van der Waals surface area contributed by atoms with Crippen LogP contribution in [0.4, 0.5) is 0 Å². The van der Waals surface area contributed by atoms with E-state index in [4.69, 9.17) is 23.2 Å². The van der Waals surface area contributed by atoms with Gasteiger partial charge in [-0.1, -0.05) is 31.5 Å². The Morgan fingerprint density at radius 3 is 2.61 bits per heavy atom. The standard InChI is InChI=1S/C14H19Cl2NO/c1-9(2)7-11(8-15)17-14(18)12-5-4-6-13(16)10(12)3/h4-6,9,11H,7-8H2,1-3H3,(H,17,18). The van der Waals surface area contributed by atoms with E-state index in [0.29, 0.717) is 22.4 Å². The first-order valence-corrected chi connectivity index (χ1v) is 6.98. The van der Waals surface area contributed by atoms with E-state index in [0.717, 1.165) is 12.0 Å². The molecule has 0 spiro atoms. The highest BCUT2D eigenvalue weighted by atomic mass is 35.5. The number of alkyl halides is 1. The van der Waals surface area contributed by atoms with Crippen molar-refractivity contribution >= 4 is 29.1 Å². The predicted molar refractivity (Wildman–Crippen MR) is 77.6 cm³/mol. The van der Waals surface area contributed by atoms with Crippen molar-refractivity contribution in [1.82, 2.24) is 5.32 Å². The average Bonchev–Trinajstić information content (AvgIpc) is 2.31. The number of amides is 1. The molecule has 1 atom stereocenters. The fourth-order valence-electron chi connectivity index (χ4n) is 1.85. The van der Waals surface area contributed by atoms with E-state index in [1.807, 2.05) is 6.92 Å². The summed E-state index contributed by atoms with van der Waals surface area (Å²) in [5.41, 5.74) is 1.41. The Morgan fingerprint density at radius 1 is 1.39 bits per heavy atom. The van der Waals surface area contributed by atoms with Gasteiger partial charge < -0.3 is 5.32 Å². The van der Waals surface area contributed by atoms with Crippen LogP contribution in [0.1, 0.15) is 36.2 Å². The molecule has 1 N–H and O–H groups in total. The lowest BCUT2D eigenvalue weighted by Crippen LogP contribution is -2.37. The molecule has 1 aromatic rings. The average molecular weight is 288 g/mol. The van der Waals surface area contributed by atoms with Crippen LogP contribution in [-0.2, 0) is 0 Å². The maximum atomic E-state index is 12.1. The number of nitrogens with one attached hydrogen (secondary N) is 1. The summed E-state index contributed by atoms with van der Waals surface area (Å²) in [5, 5.41) is 3.56. The van der Waals surface area contributed by atoms with Gasteiger partial charge in [-0.25, -0.2) is 0 Å². The van der Waals surface area contributed by atoms with Crippen LogP contribution in [0.3, 0.4) is 0 Å². The number of halogens is 2. The number of hydrogen-bond acceptors (Lipinski definition) is 1. The zero-order valence-electron chi connectivity index (χ0n) is 11.0. The molecule has 1 amide bonds. The monoisotopic (exact) mass is 287 g/mol. The van der Waals surface area contributed by atoms with Crippen molar-refractivity contribution in [2.75, 3.05) is 5.88 Å². The second kappa shape index (κ2) is 7.01. The Bertz CT molecular complexity index is 418. The maximum Gasteiger partial charge on any atom is 0.251 e. The summed E-state index contributed by atoms with van der Waals surface area (Å²) in [6, 6.07) is 5.33. The van der Waals surface area contributed by atoms with E-state index in [1.165, 1.54) is 0 Å². The zero-order valence-corrected chi connectivity index (χ0v) is 12.5. The van der Waals surface area contributed by atoms with Crippen molar-refractivity contribution in [2.24, 2.45) is 5.92 Å². The molecule has 0 bridgehead atoms. The highest BCUT2D eigenvalue weighted by Gasteiger charge is 2.16. The summed E-state index contributed by atoms with van der Waals surface area (Å²) < 4.78 is 0. The summed E-state index contributed by atoms with van der Waals surface area (Å²) in [6.45, 7) is 6.06. The first-order valence-electron chi connectivity index (χ1n) is 6.07. The summed E-state index contributed by atoms with van der Waals surface area (Å²) in [7, 11) is 0. The molecule has 4 heteroatoms.